The molecule has 14 heteroatoms. The van der Waals surface area contributed by atoms with Crippen molar-refractivity contribution in [2.24, 2.45) is 0 Å². The van der Waals surface area contributed by atoms with E-state index in [1.54, 1.807) is 0 Å². The monoisotopic (exact) mass is 676 g/mol. The Morgan fingerprint density at radius 1 is 0.617 bits per heavy atom. The zero-order valence-electron chi connectivity index (χ0n) is 28.0. The van der Waals surface area contributed by atoms with Crippen LogP contribution in [0.3, 0.4) is 0 Å². The summed E-state index contributed by atoms with van der Waals surface area (Å²) in [7, 11) is 0. The highest BCUT2D eigenvalue weighted by atomic mass is 16.8. The fraction of sp³-hybridized carbons (Fsp3) is 0.909. The quantitative estimate of drug-likeness (QED) is 0.250. The fourth-order valence-corrected chi connectivity index (χ4v) is 6.13. The number of fused-ring (bicyclic) bond motifs is 19. The molecule has 4 fully saturated rings. The number of carbonyl (C=O) groups excluding carboxylic acids is 3. The van der Waals surface area contributed by atoms with Crippen LogP contribution in [-0.4, -0.2) is 119 Å². The molecule has 11 unspecified atom stereocenters. The van der Waals surface area contributed by atoms with Crippen LogP contribution < -0.4 is 0 Å². The van der Waals surface area contributed by atoms with Crippen LogP contribution >= 0.6 is 0 Å². The summed E-state index contributed by atoms with van der Waals surface area (Å²) in [4.78, 5) is 35.8. The van der Waals surface area contributed by atoms with Crippen molar-refractivity contribution in [3.63, 3.8) is 0 Å². The van der Waals surface area contributed by atoms with E-state index < -0.39 is 85.9 Å². The number of esters is 3. The molecular weight excluding hydrogens is 620 g/mol. The lowest BCUT2D eigenvalue weighted by molar-refractivity contribution is -0.371. The van der Waals surface area contributed by atoms with Gasteiger partial charge in [0.15, 0.2) is 18.7 Å². The van der Waals surface area contributed by atoms with Crippen LogP contribution in [0.1, 0.15) is 111 Å². The van der Waals surface area contributed by atoms with Gasteiger partial charge in [-0.2, -0.15) is 0 Å². The molecule has 4 rings (SSSR count). The summed E-state index contributed by atoms with van der Waals surface area (Å²) in [5.41, 5.74) is 0. The van der Waals surface area contributed by atoms with Crippen LogP contribution in [0.4, 0.5) is 0 Å². The number of hydrogen-bond acceptors (Lipinski definition) is 14. The standard InChI is InChI=1S/C33H56O14/c1-20-16-14-12-10-8-6-4-5-7-9-11-13-15-17-25(36)46-30-24(19-42-22(3)35)45-32(29(40)28(30)39)47-31-27(38)26(37)23(18-41-21(2)34)44-33(31)43-20/h20,23-24,26-33,37-40H,4-19H2,1-3H3. The maximum Gasteiger partial charge on any atom is 0.306 e. The zero-order chi connectivity index (χ0) is 34.3. The first-order chi connectivity index (χ1) is 22.5. The van der Waals surface area contributed by atoms with Crippen molar-refractivity contribution in [3.05, 3.63) is 0 Å². The minimum atomic E-state index is -1.78. The molecule has 272 valence electrons. The van der Waals surface area contributed by atoms with Crippen LogP contribution in [0.5, 0.6) is 0 Å². The van der Waals surface area contributed by atoms with E-state index in [4.69, 9.17) is 33.2 Å². The normalized spacial score (nSPS) is 37.8. The Morgan fingerprint density at radius 3 is 1.68 bits per heavy atom. The smallest absolute Gasteiger partial charge is 0.306 e. The Kier molecular flexibility index (Phi) is 17.3. The van der Waals surface area contributed by atoms with Crippen molar-refractivity contribution in [1.82, 2.24) is 0 Å². The second-order valence-corrected chi connectivity index (χ2v) is 12.9. The number of ether oxygens (including phenoxy) is 7. The van der Waals surface area contributed by atoms with Crippen LogP contribution in [0, 0.1) is 0 Å². The Labute approximate surface area is 277 Å². The lowest BCUT2D eigenvalue weighted by Crippen LogP contribution is -2.65. The Morgan fingerprint density at radius 2 is 1.11 bits per heavy atom. The van der Waals surface area contributed by atoms with Gasteiger partial charge in [-0.05, 0) is 19.8 Å². The van der Waals surface area contributed by atoms with Crippen molar-refractivity contribution in [2.75, 3.05) is 13.2 Å². The predicted molar refractivity (Wildman–Crippen MR) is 165 cm³/mol. The average molecular weight is 677 g/mol. The van der Waals surface area contributed by atoms with Crippen LogP contribution in [0.25, 0.3) is 0 Å². The van der Waals surface area contributed by atoms with E-state index in [1.807, 2.05) is 6.92 Å². The Hall–Kier alpha value is -1.91. The maximum atomic E-state index is 12.7. The molecule has 2 bridgehead atoms. The SMILES string of the molecule is CC(=O)OCC1OC2OC(C)CCCCCCCCCCCCCCC(=O)OC3C(COC(C)=O)OC(OC2C(O)C1O)C(O)C3O. The Balaban J connectivity index is 1.81. The summed E-state index contributed by atoms with van der Waals surface area (Å²) < 4.78 is 39.6. The van der Waals surface area contributed by atoms with Crippen molar-refractivity contribution in [2.45, 2.75) is 178 Å². The maximum absolute atomic E-state index is 12.7. The van der Waals surface area contributed by atoms with E-state index in [2.05, 4.69) is 0 Å². The highest BCUT2D eigenvalue weighted by Crippen LogP contribution is 2.32. The molecule has 4 heterocycles. The molecule has 0 aromatic rings. The first-order valence-corrected chi connectivity index (χ1v) is 17.3. The van der Waals surface area contributed by atoms with Crippen LogP contribution in [0.2, 0.25) is 0 Å². The van der Waals surface area contributed by atoms with Gasteiger partial charge in [-0.15, -0.1) is 0 Å². The molecular formula is C33H56O14. The second-order valence-electron chi connectivity index (χ2n) is 12.9. The number of aliphatic hydroxyl groups excluding tert-OH is 4. The van der Waals surface area contributed by atoms with Crippen LogP contribution in [-0.2, 0) is 47.5 Å². The van der Waals surface area contributed by atoms with Gasteiger partial charge in [0.1, 0.15) is 55.9 Å². The summed E-state index contributed by atoms with van der Waals surface area (Å²) in [6.07, 6.45) is -1.95. The molecule has 4 N–H and O–H groups in total. The minimum absolute atomic E-state index is 0.106. The summed E-state index contributed by atoms with van der Waals surface area (Å²) in [6.45, 7) is 3.45. The Bertz CT molecular complexity index is 948. The van der Waals surface area contributed by atoms with Gasteiger partial charge in [-0.25, -0.2) is 0 Å². The van der Waals surface area contributed by atoms with E-state index in [0.29, 0.717) is 12.8 Å². The lowest BCUT2D eigenvalue weighted by Gasteiger charge is -2.47. The highest BCUT2D eigenvalue weighted by Gasteiger charge is 2.53. The van der Waals surface area contributed by atoms with E-state index in [0.717, 1.165) is 51.4 Å². The fourth-order valence-electron chi connectivity index (χ4n) is 6.13. The molecule has 0 saturated carbocycles. The van der Waals surface area contributed by atoms with Gasteiger partial charge >= 0.3 is 17.9 Å². The lowest BCUT2D eigenvalue weighted by atomic mass is 9.97. The van der Waals surface area contributed by atoms with Gasteiger partial charge in [-0.1, -0.05) is 70.6 Å². The molecule has 0 aromatic heterocycles. The molecule has 0 amide bonds. The third-order valence-electron chi connectivity index (χ3n) is 8.85. The zero-order valence-corrected chi connectivity index (χ0v) is 28.0. The van der Waals surface area contributed by atoms with Crippen molar-refractivity contribution >= 4 is 17.9 Å². The average Bonchev–Trinajstić information content (AvgIpc) is 3.02. The summed E-state index contributed by atoms with van der Waals surface area (Å²) in [6, 6.07) is 0. The van der Waals surface area contributed by atoms with Gasteiger partial charge in [0, 0.05) is 20.3 Å². The van der Waals surface area contributed by atoms with E-state index in [-0.39, 0.29) is 19.1 Å². The minimum Gasteiger partial charge on any atom is -0.463 e. The van der Waals surface area contributed by atoms with Crippen molar-refractivity contribution in [3.8, 4) is 0 Å². The number of hydrogen-bond donors (Lipinski definition) is 4. The van der Waals surface area contributed by atoms with Gasteiger partial charge in [0.25, 0.3) is 0 Å². The van der Waals surface area contributed by atoms with Gasteiger partial charge < -0.3 is 53.6 Å². The molecule has 0 aromatic carbocycles. The molecule has 4 aliphatic heterocycles. The van der Waals surface area contributed by atoms with Crippen LogP contribution in [0.15, 0.2) is 0 Å². The largest absolute Gasteiger partial charge is 0.463 e. The highest BCUT2D eigenvalue weighted by molar-refractivity contribution is 5.69. The van der Waals surface area contributed by atoms with Gasteiger partial charge in [-0.3, -0.25) is 14.4 Å². The second kappa shape index (κ2) is 20.6. The third-order valence-corrected chi connectivity index (χ3v) is 8.85. The number of carbonyl (C=O) groups is 3. The van der Waals surface area contributed by atoms with Crippen molar-refractivity contribution in [1.29, 1.82) is 0 Å². The third kappa shape index (κ3) is 13.1. The molecule has 4 saturated heterocycles. The first kappa shape index (κ1) is 39.5. The van der Waals surface area contributed by atoms with E-state index in [9.17, 15) is 34.8 Å². The molecule has 14 nitrogen and oxygen atoms in total. The van der Waals surface area contributed by atoms with Crippen molar-refractivity contribution < 1.29 is 68.0 Å². The topological polar surface area (TPSA) is 197 Å². The van der Waals surface area contributed by atoms with Gasteiger partial charge in [0.05, 0.1) is 6.10 Å². The summed E-state index contributed by atoms with van der Waals surface area (Å²) >= 11 is 0. The molecule has 0 radical (unpaired) electrons. The number of rotatable bonds is 4. The number of aliphatic hydroxyl groups is 4. The predicted octanol–water partition coefficient (Wildman–Crippen LogP) is 2.18. The molecule has 47 heavy (non-hydrogen) atoms. The van der Waals surface area contributed by atoms with E-state index in [1.165, 1.54) is 33.1 Å². The van der Waals surface area contributed by atoms with Gasteiger partial charge in [0.2, 0.25) is 0 Å². The summed E-state index contributed by atoms with van der Waals surface area (Å²) in [5.74, 6) is -1.84. The molecule has 0 spiro atoms. The molecule has 4 aliphatic rings. The summed E-state index contributed by atoms with van der Waals surface area (Å²) in [5, 5.41) is 44.1. The van der Waals surface area contributed by atoms with E-state index >= 15 is 0 Å². The molecule has 11 atom stereocenters. The first-order valence-electron chi connectivity index (χ1n) is 17.3. The molecule has 0 aliphatic carbocycles.